The van der Waals surface area contributed by atoms with Gasteiger partial charge in [-0.1, -0.05) is 48.5 Å². The van der Waals surface area contributed by atoms with Gasteiger partial charge in [-0.3, -0.25) is 14.5 Å². The predicted molar refractivity (Wildman–Crippen MR) is 135 cm³/mol. The zero-order valence-electron chi connectivity index (χ0n) is 19.9. The van der Waals surface area contributed by atoms with Gasteiger partial charge in [-0.2, -0.15) is 0 Å². The van der Waals surface area contributed by atoms with Crippen LogP contribution in [0.2, 0.25) is 0 Å². The van der Waals surface area contributed by atoms with E-state index in [-0.39, 0.29) is 11.8 Å². The Bertz CT molecular complexity index is 1620. The highest BCUT2D eigenvalue weighted by molar-refractivity contribution is 6.21. The van der Waals surface area contributed by atoms with Crippen LogP contribution in [0.1, 0.15) is 62.8 Å². The number of para-hydroxylation sites is 1. The van der Waals surface area contributed by atoms with Crippen LogP contribution in [0.4, 0.5) is 0 Å². The fourth-order valence-electron chi connectivity index (χ4n) is 5.80. The number of hydrogen-bond acceptors (Lipinski definition) is 6. The van der Waals surface area contributed by atoms with E-state index < -0.39 is 17.5 Å². The largest absolute Gasteiger partial charge is 0.461 e. The number of unbranched alkanes of at least 4 members (excludes halogenated alkanes) is 1. The van der Waals surface area contributed by atoms with E-state index in [1.807, 2.05) is 42.5 Å². The first-order valence-electron chi connectivity index (χ1n) is 12.5. The summed E-state index contributed by atoms with van der Waals surface area (Å²) in [5.41, 5.74) is 3.31. The molecule has 1 aromatic heterocycles. The Morgan fingerprint density at radius 2 is 1.54 bits per heavy atom. The minimum Gasteiger partial charge on any atom is -0.461 e. The first-order chi connectivity index (χ1) is 18.0. The zero-order chi connectivity index (χ0) is 25.1. The molecule has 0 fully saturated rings. The number of carbonyl (C=O) groups excluding carboxylic acids is 2. The van der Waals surface area contributed by atoms with Crippen LogP contribution >= 0.6 is 0 Å². The van der Waals surface area contributed by atoms with Crippen molar-refractivity contribution < 1.29 is 23.5 Å². The van der Waals surface area contributed by atoms with Gasteiger partial charge in [-0.15, -0.1) is 0 Å². The SMILES string of the molecule is O=C1c2ccccc2C(=O)N1CCCC[C@]12Cc3ccccc3C(O1)c1c(c3ccccc3oc1=O)O2. The van der Waals surface area contributed by atoms with Crippen LogP contribution in [0.25, 0.3) is 11.0 Å². The van der Waals surface area contributed by atoms with E-state index in [0.29, 0.717) is 60.3 Å². The van der Waals surface area contributed by atoms with Crippen LogP contribution in [0.3, 0.4) is 0 Å². The molecule has 4 aromatic rings. The fourth-order valence-corrected chi connectivity index (χ4v) is 5.80. The van der Waals surface area contributed by atoms with Gasteiger partial charge in [0.1, 0.15) is 23.0 Å². The summed E-state index contributed by atoms with van der Waals surface area (Å²) in [5, 5.41) is 0.736. The van der Waals surface area contributed by atoms with Gasteiger partial charge < -0.3 is 13.9 Å². The Morgan fingerprint density at radius 3 is 2.35 bits per heavy atom. The third-order valence-electron chi connectivity index (χ3n) is 7.55. The molecule has 7 heteroatoms. The molecule has 3 aromatic carbocycles. The number of rotatable bonds is 5. The Labute approximate surface area is 212 Å². The smallest absolute Gasteiger partial charge is 0.346 e. The number of fused-ring (bicyclic) bond motifs is 9. The lowest BCUT2D eigenvalue weighted by Gasteiger charge is -2.46. The molecule has 0 saturated carbocycles. The van der Waals surface area contributed by atoms with Gasteiger partial charge in [-0.05, 0) is 48.2 Å². The summed E-state index contributed by atoms with van der Waals surface area (Å²) < 4.78 is 18.7. The maximum atomic E-state index is 13.1. The molecule has 0 spiro atoms. The van der Waals surface area contributed by atoms with Gasteiger partial charge in [0.25, 0.3) is 11.8 Å². The monoisotopic (exact) mass is 493 g/mol. The molecular formula is C30H23NO6. The van der Waals surface area contributed by atoms with Crippen LogP contribution in [0.15, 0.2) is 82.0 Å². The molecule has 2 bridgehead atoms. The third-order valence-corrected chi connectivity index (χ3v) is 7.55. The molecule has 4 heterocycles. The Balaban J connectivity index is 1.18. The summed E-state index contributed by atoms with van der Waals surface area (Å²) in [6.45, 7) is 0.325. The average molecular weight is 494 g/mol. The molecule has 0 saturated heterocycles. The van der Waals surface area contributed by atoms with Crippen molar-refractivity contribution in [1.29, 1.82) is 0 Å². The van der Waals surface area contributed by atoms with E-state index in [4.69, 9.17) is 13.9 Å². The van der Waals surface area contributed by atoms with E-state index in [0.717, 1.165) is 16.5 Å². The summed E-state index contributed by atoms with van der Waals surface area (Å²) in [6.07, 6.45) is 1.74. The molecule has 0 radical (unpaired) electrons. The minimum atomic E-state index is -0.968. The molecule has 1 unspecified atom stereocenters. The highest BCUT2D eigenvalue weighted by Gasteiger charge is 2.49. The highest BCUT2D eigenvalue weighted by atomic mass is 16.7. The number of imide groups is 1. The summed E-state index contributed by atoms with van der Waals surface area (Å²) in [5.74, 6) is -0.951. The van der Waals surface area contributed by atoms with Crippen LogP contribution in [0, 0.1) is 0 Å². The maximum Gasteiger partial charge on any atom is 0.346 e. The summed E-state index contributed by atoms with van der Waals surface area (Å²) >= 11 is 0. The van der Waals surface area contributed by atoms with Crippen molar-refractivity contribution in [2.24, 2.45) is 0 Å². The molecule has 0 aliphatic carbocycles. The van der Waals surface area contributed by atoms with Gasteiger partial charge in [-0.25, -0.2) is 4.79 Å². The van der Waals surface area contributed by atoms with Crippen molar-refractivity contribution in [1.82, 2.24) is 4.90 Å². The van der Waals surface area contributed by atoms with Crippen molar-refractivity contribution in [3.05, 3.63) is 111 Å². The molecule has 3 aliphatic rings. The van der Waals surface area contributed by atoms with Crippen molar-refractivity contribution in [2.75, 3.05) is 6.54 Å². The van der Waals surface area contributed by atoms with Crippen molar-refractivity contribution in [3.63, 3.8) is 0 Å². The van der Waals surface area contributed by atoms with Crippen LogP contribution in [0.5, 0.6) is 5.75 Å². The maximum absolute atomic E-state index is 13.1. The lowest BCUT2D eigenvalue weighted by atomic mass is 9.85. The summed E-state index contributed by atoms with van der Waals surface area (Å²) in [4.78, 5) is 39.8. The minimum absolute atomic E-state index is 0.247. The molecule has 7 nitrogen and oxygen atoms in total. The number of nitrogens with zero attached hydrogens (tertiary/aromatic N) is 1. The Hall–Kier alpha value is -4.23. The first kappa shape index (κ1) is 22.0. The molecule has 0 N–H and O–H groups in total. The quantitative estimate of drug-likeness (QED) is 0.221. The number of carbonyl (C=O) groups is 2. The van der Waals surface area contributed by atoms with Gasteiger partial charge in [0.05, 0.1) is 16.5 Å². The van der Waals surface area contributed by atoms with Gasteiger partial charge in [0, 0.05) is 19.4 Å². The van der Waals surface area contributed by atoms with Gasteiger partial charge in [0.2, 0.25) is 5.79 Å². The second kappa shape index (κ2) is 8.15. The highest BCUT2D eigenvalue weighted by Crippen LogP contribution is 2.50. The Morgan fingerprint density at radius 1 is 0.838 bits per heavy atom. The average Bonchev–Trinajstić information content (AvgIpc) is 3.16. The third kappa shape index (κ3) is 3.34. The lowest BCUT2D eigenvalue weighted by molar-refractivity contribution is -0.232. The normalized spacial score (nSPS) is 21.4. The van der Waals surface area contributed by atoms with Crippen LogP contribution < -0.4 is 10.4 Å². The van der Waals surface area contributed by atoms with Crippen LogP contribution in [-0.4, -0.2) is 29.0 Å². The number of benzene rings is 3. The molecule has 37 heavy (non-hydrogen) atoms. The van der Waals surface area contributed by atoms with Gasteiger partial charge in [0.15, 0.2) is 0 Å². The van der Waals surface area contributed by atoms with E-state index in [2.05, 4.69) is 0 Å². The zero-order valence-corrected chi connectivity index (χ0v) is 19.9. The molecular weight excluding hydrogens is 470 g/mol. The van der Waals surface area contributed by atoms with Crippen molar-refractivity contribution >= 4 is 22.8 Å². The summed E-state index contributed by atoms with van der Waals surface area (Å²) in [6, 6.07) is 22.2. The Kier molecular flexibility index (Phi) is 4.84. The second-order valence-electron chi connectivity index (χ2n) is 9.78. The molecule has 3 aliphatic heterocycles. The predicted octanol–water partition coefficient (Wildman–Crippen LogP) is 5.01. The first-order valence-corrected chi connectivity index (χ1v) is 12.5. The molecule has 2 amide bonds. The van der Waals surface area contributed by atoms with Crippen LogP contribution in [-0.2, 0) is 11.2 Å². The standard InChI is InChI=1S/C30H23NO6/c32-27-20-11-3-4-12-21(20)28(33)31(27)16-8-7-15-30-17-18-9-1-2-10-19(18)25(36-30)24-26(37-30)22-13-5-6-14-23(22)35-29(24)34/h1-6,9-14,25H,7-8,15-17H2/t25?,30-/m0/s1. The molecule has 184 valence electrons. The van der Waals surface area contributed by atoms with E-state index >= 15 is 0 Å². The second-order valence-corrected chi connectivity index (χ2v) is 9.78. The fraction of sp³-hybridized carbons (Fsp3) is 0.233. The number of amides is 2. The van der Waals surface area contributed by atoms with E-state index in [1.54, 1.807) is 30.3 Å². The van der Waals surface area contributed by atoms with Crippen molar-refractivity contribution in [2.45, 2.75) is 37.6 Å². The van der Waals surface area contributed by atoms with E-state index in [1.165, 1.54) is 4.90 Å². The number of hydrogen-bond donors (Lipinski definition) is 0. The molecule has 2 atom stereocenters. The summed E-state index contributed by atoms with van der Waals surface area (Å²) in [7, 11) is 0. The lowest BCUT2D eigenvalue weighted by Crippen LogP contribution is -2.50. The molecule has 7 rings (SSSR count). The topological polar surface area (TPSA) is 86.0 Å². The van der Waals surface area contributed by atoms with Crippen molar-refractivity contribution in [3.8, 4) is 5.75 Å². The van der Waals surface area contributed by atoms with Gasteiger partial charge >= 0.3 is 5.63 Å². The number of ether oxygens (including phenoxy) is 2. The van der Waals surface area contributed by atoms with E-state index in [9.17, 15) is 14.4 Å².